The number of hydrogen-bond acceptors (Lipinski definition) is 4. The third kappa shape index (κ3) is 2.37. The number of fused-ring (bicyclic) bond motifs is 1. The second-order valence-corrected chi connectivity index (χ2v) is 5.82. The largest absolute Gasteiger partial charge is 0.360 e. The van der Waals surface area contributed by atoms with Crippen LogP contribution in [0, 0.1) is 12.8 Å². The summed E-state index contributed by atoms with van der Waals surface area (Å²) in [6.07, 6.45) is 2.98. The zero-order valence-corrected chi connectivity index (χ0v) is 12.5. The van der Waals surface area contributed by atoms with Gasteiger partial charge in [0.2, 0.25) is 5.91 Å². The van der Waals surface area contributed by atoms with Crippen LogP contribution in [0.15, 0.2) is 0 Å². The molecule has 108 valence electrons. The van der Waals surface area contributed by atoms with Gasteiger partial charge in [0.15, 0.2) is 0 Å². The Balaban J connectivity index is 1.91. The first-order valence-electron chi connectivity index (χ1n) is 7.46. The summed E-state index contributed by atoms with van der Waals surface area (Å²) in [5.74, 6) is 2.42. The van der Waals surface area contributed by atoms with Crippen molar-refractivity contribution in [3.63, 3.8) is 0 Å². The number of nitrogens with zero attached hydrogens (tertiary/aromatic N) is 4. The SMILES string of the molecule is CCN(C)c1nc(C)nc2c1CN(C(=O)C1CC1)CC2. The molecule has 5 heteroatoms. The van der Waals surface area contributed by atoms with Gasteiger partial charge in [0.1, 0.15) is 11.6 Å². The zero-order valence-electron chi connectivity index (χ0n) is 12.5. The zero-order chi connectivity index (χ0) is 14.3. The van der Waals surface area contributed by atoms with Crippen LogP contribution in [0.1, 0.15) is 36.8 Å². The fourth-order valence-electron chi connectivity index (χ4n) is 2.76. The molecule has 1 aliphatic heterocycles. The lowest BCUT2D eigenvalue weighted by molar-refractivity contribution is -0.133. The molecule has 0 bridgehead atoms. The molecular formula is C15H22N4O. The van der Waals surface area contributed by atoms with Gasteiger partial charge < -0.3 is 9.80 Å². The Labute approximate surface area is 120 Å². The van der Waals surface area contributed by atoms with Gasteiger partial charge in [-0.15, -0.1) is 0 Å². The monoisotopic (exact) mass is 274 g/mol. The molecule has 1 amide bonds. The smallest absolute Gasteiger partial charge is 0.225 e. The van der Waals surface area contributed by atoms with Gasteiger partial charge in [0.05, 0.1) is 12.2 Å². The molecule has 1 aromatic rings. The van der Waals surface area contributed by atoms with Crippen molar-refractivity contribution in [2.24, 2.45) is 5.92 Å². The van der Waals surface area contributed by atoms with Crippen molar-refractivity contribution >= 4 is 11.7 Å². The summed E-state index contributed by atoms with van der Waals surface area (Å²) in [5, 5.41) is 0. The molecular weight excluding hydrogens is 252 g/mol. The number of amides is 1. The van der Waals surface area contributed by atoms with E-state index < -0.39 is 0 Å². The van der Waals surface area contributed by atoms with E-state index >= 15 is 0 Å². The number of aryl methyl sites for hydroxylation is 1. The second kappa shape index (κ2) is 5.04. The van der Waals surface area contributed by atoms with E-state index in [1.54, 1.807) is 0 Å². The van der Waals surface area contributed by atoms with Crippen LogP contribution in [-0.4, -0.2) is 40.9 Å². The summed E-state index contributed by atoms with van der Waals surface area (Å²) in [6.45, 7) is 6.42. The van der Waals surface area contributed by atoms with Crippen LogP contribution in [0.4, 0.5) is 5.82 Å². The molecule has 2 aliphatic rings. The highest BCUT2D eigenvalue weighted by atomic mass is 16.2. The van der Waals surface area contributed by atoms with Gasteiger partial charge in [-0.1, -0.05) is 0 Å². The van der Waals surface area contributed by atoms with Gasteiger partial charge >= 0.3 is 0 Å². The maximum atomic E-state index is 12.3. The Morgan fingerprint density at radius 1 is 1.40 bits per heavy atom. The summed E-state index contributed by atoms with van der Waals surface area (Å²) in [5.41, 5.74) is 2.26. The number of carbonyl (C=O) groups is 1. The predicted molar refractivity (Wildman–Crippen MR) is 77.6 cm³/mol. The first-order chi connectivity index (χ1) is 9.60. The molecule has 0 atom stereocenters. The maximum Gasteiger partial charge on any atom is 0.225 e. The van der Waals surface area contributed by atoms with Crippen molar-refractivity contribution in [3.8, 4) is 0 Å². The summed E-state index contributed by atoms with van der Waals surface area (Å²) in [6, 6.07) is 0. The highest BCUT2D eigenvalue weighted by Crippen LogP contribution is 2.34. The van der Waals surface area contributed by atoms with Crippen molar-refractivity contribution in [1.82, 2.24) is 14.9 Å². The summed E-state index contributed by atoms with van der Waals surface area (Å²) < 4.78 is 0. The lowest BCUT2D eigenvalue weighted by atomic mass is 10.0. The minimum atomic E-state index is 0.287. The summed E-state index contributed by atoms with van der Waals surface area (Å²) in [4.78, 5) is 25.5. The maximum absolute atomic E-state index is 12.3. The van der Waals surface area contributed by atoms with Crippen molar-refractivity contribution in [2.45, 2.75) is 39.7 Å². The van der Waals surface area contributed by atoms with Gasteiger partial charge in [0, 0.05) is 38.0 Å². The number of aromatic nitrogens is 2. The van der Waals surface area contributed by atoms with Crippen LogP contribution in [0.2, 0.25) is 0 Å². The Bertz CT molecular complexity index is 539. The van der Waals surface area contributed by atoms with Gasteiger partial charge in [-0.25, -0.2) is 9.97 Å². The summed E-state index contributed by atoms with van der Waals surface area (Å²) >= 11 is 0. The number of hydrogen-bond donors (Lipinski definition) is 0. The third-order valence-corrected chi connectivity index (χ3v) is 4.22. The molecule has 0 aromatic carbocycles. The van der Waals surface area contributed by atoms with Crippen LogP contribution in [0.5, 0.6) is 0 Å². The van der Waals surface area contributed by atoms with Gasteiger partial charge in [-0.05, 0) is 26.7 Å². The van der Waals surface area contributed by atoms with E-state index in [1.165, 1.54) is 0 Å². The van der Waals surface area contributed by atoms with E-state index in [9.17, 15) is 4.79 Å². The average Bonchev–Trinajstić information content (AvgIpc) is 3.29. The second-order valence-electron chi connectivity index (χ2n) is 5.82. The molecule has 1 fully saturated rings. The fourth-order valence-corrected chi connectivity index (χ4v) is 2.76. The van der Waals surface area contributed by atoms with E-state index in [2.05, 4.69) is 21.8 Å². The third-order valence-electron chi connectivity index (χ3n) is 4.22. The van der Waals surface area contributed by atoms with Gasteiger partial charge in [0.25, 0.3) is 0 Å². The highest BCUT2D eigenvalue weighted by molar-refractivity contribution is 5.81. The normalized spacial score (nSPS) is 17.9. The molecule has 0 radical (unpaired) electrons. The molecule has 3 rings (SSSR count). The van der Waals surface area contributed by atoms with Crippen LogP contribution >= 0.6 is 0 Å². The molecule has 5 nitrogen and oxygen atoms in total. The molecule has 1 saturated carbocycles. The minimum Gasteiger partial charge on any atom is -0.360 e. The minimum absolute atomic E-state index is 0.287. The van der Waals surface area contributed by atoms with E-state index in [-0.39, 0.29) is 5.92 Å². The molecule has 0 N–H and O–H groups in total. The van der Waals surface area contributed by atoms with Crippen LogP contribution in [0.25, 0.3) is 0 Å². The van der Waals surface area contributed by atoms with Crippen LogP contribution in [0.3, 0.4) is 0 Å². The summed E-state index contributed by atoms with van der Waals surface area (Å²) in [7, 11) is 2.05. The van der Waals surface area contributed by atoms with Crippen molar-refractivity contribution in [3.05, 3.63) is 17.1 Å². The molecule has 2 heterocycles. The number of rotatable bonds is 3. The lowest BCUT2D eigenvalue weighted by Gasteiger charge is -2.31. The molecule has 0 saturated heterocycles. The van der Waals surface area contributed by atoms with E-state index in [4.69, 9.17) is 0 Å². The van der Waals surface area contributed by atoms with Gasteiger partial charge in [-0.3, -0.25) is 4.79 Å². The van der Waals surface area contributed by atoms with E-state index in [1.807, 2.05) is 18.9 Å². The topological polar surface area (TPSA) is 49.3 Å². The van der Waals surface area contributed by atoms with Gasteiger partial charge in [-0.2, -0.15) is 0 Å². The van der Waals surface area contributed by atoms with Crippen LogP contribution < -0.4 is 4.90 Å². The first kappa shape index (κ1) is 13.3. The molecule has 1 aromatic heterocycles. The standard InChI is InChI=1S/C15H22N4O/c1-4-18(3)14-12-9-19(15(20)11-5-6-11)8-7-13(12)16-10(2)17-14/h11H,4-9H2,1-3H3. The predicted octanol–water partition coefficient (Wildman–Crippen LogP) is 1.54. The molecule has 0 spiro atoms. The molecule has 1 aliphatic carbocycles. The molecule has 20 heavy (non-hydrogen) atoms. The Kier molecular flexibility index (Phi) is 3.36. The Morgan fingerprint density at radius 3 is 2.80 bits per heavy atom. The molecule has 0 unspecified atom stereocenters. The number of carbonyl (C=O) groups excluding carboxylic acids is 1. The lowest BCUT2D eigenvalue weighted by Crippen LogP contribution is -2.38. The van der Waals surface area contributed by atoms with E-state index in [0.29, 0.717) is 12.5 Å². The quantitative estimate of drug-likeness (QED) is 0.839. The first-order valence-corrected chi connectivity index (χ1v) is 7.46. The highest BCUT2D eigenvalue weighted by Gasteiger charge is 2.35. The average molecular weight is 274 g/mol. The van der Waals surface area contributed by atoms with Crippen molar-refractivity contribution < 1.29 is 4.79 Å². The van der Waals surface area contributed by atoms with Crippen molar-refractivity contribution in [2.75, 3.05) is 25.0 Å². The fraction of sp³-hybridized carbons (Fsp3) is 0.667. The number of anilines is 1. The van der Waals surface area contributed by atoms with E-state index in [0.717, 1.165) is 55.3 Å². The van der Waals surface area contributed by atoms with Crippen LogP contribution in [-0.2, 0) is 17.8 Å². The van der Waals surface area contributed by atoms with Crippen molar-refractivity contribution in [1.29, 1.82) is 0 Å². The Morgan fingerprint density at radius 2 is 2.15 bits per heavy atom. The Hall–Kier alpha value is -1.65.